The molecule has 0 fully saturated rings. The van der Waals surface area contributed by atoms with Crippen LogP contribution in [0.15, 0.2) is 22.7 Å². The van der Waals surface area contributed by atoms with Gasteiger partial charge >= 0.3 is 0 Å². The normalized spacial score (nSPS) is 11.5. The van der Waals surface area contributed by atoms with E-state index >= 15 is 0 Å². The predicted octanol–water partition coefficient (Wildman–Crippen LogP) is 2.09. The van der Waals surface area contributed by atoms with Gasteiger partial charge in [0.1, 0.15) is 5.82 Å². The fraction of sp³-hybridized carbons (Fsp3) is 0.300. The smallest absolute Gasteiger partial charge is 0.254 e. The van der Waals surface area contributed by atoms with Crippen molar-refractivity contribution in [1.29, 1.82) is 0 Å². The summed E-state index contributed by atoms with van der Waals surface area (Å²) in [7, 11) is 0. The van der Waals surface area contributed by atoms with E-state index in [0.717, 1.165) is 0 Å². The number of rotatable bonds is 3. The lowest BCUT2D eigenvalue weighted by atomic mass is 10.2. The summed E-state index contributed by atoms with van der Waals surface area (Å²) in [5.74, 6) is -0.994. The fourth-order valence-corrected chi connectivity index (χ4v) is 1.39. The second-order valence-corrected chi connectivity index (χ2v) is 4.15. The van der Waals surface area contributed by atoms with Gasteiger partial charge in [-0.05, 0) is 25.1 Å². The number of nitrogens with one attached hydrogen (secondary N) is 1. The summed E-state index contributed by atoms with van der Waals surface area (Å²) in [6, 6.07) is 4.05. The summed E-state index contributed by atoms with van der Waals surface area (Å²) in [5, 5.41) is 2.59. The van der Waals surface area contributed by atoms with Crippen molar-refractivity contribution in [1.82, 2.24) is 5.32 Å². The maximum Gasteiger partial charge on any atom is 0.254 e. The highest BCUT2D eigenvalue weighted by Crippen LogP contribution is 2.15. The SMILES string of the molecule is C[C@@H](CN)NC(=O)c1cc(Br)ccc1F.Cl. The lowest BCUT2D eigenvalue weighted by Gasteiger charge is -2.11. The maximum absolute atomic E-state index is 13.3. The molecule has 16 heavy (non-hydrogen) atoms. The van der Waals surface area contributed by atoms with Crippen molar-refractivity contribution in [3.63, 3.8) is 0 Å². The average Bonchev–Trinajstić information content (AvgIpc) is 2.21. The third-order valence-corrected chi connectivity index (χ3v) is 2.40. The van der Waals surface area contributed by atoms with E-state index in [9.17, 15) is 9.18 Å². The first-order valence-electron chi connectivity index (χ1n) is 4.50. The highest BCUT2D eigenvalue weighted by molar-refractivity contribution is 9.10. The molecule has 0 saturated carbocycles. The van der Waals surface area contributed by atoms with Crippen molar-refractivity contribution < 1.29 is 9.18 Å². The molecule has 0 aromatic heterocycles. The highest BCUT2D eigenvalue weighted by atomic mass is 79.9. The van der Waals surface area contributed by atoms with E-state index in [2.05, 4.69) is 21.2 Å². The largest absolute Gasteiger partial charge is 0.348 e. The Kier molecular flexibility index (Phi) is 6.55. The zero-order chi connectivity index (χ0) is 11.4. The van der Waals surface area contributed by atoms with Crippen LogP contribution in [0.1, 0.15) is 17.3 Å². The Morgan fingerprint density at radius 1 is 1.62 bits per heavy atom. The van der Waals surface area contributed by atoms with E-state index in [1.807, 2.05) is 0 Å². The Morgan fingerprint density at radius 2 is 2.25 bits per heavy atom. The van der Waals surface area contributed by atoms with E-state index in [1.54, 1.807) is 13.0 Å². The summed E-state index contributed by atoms with van der Waals surface area (Å²) >= 11 is 3.18. The van der Waals surface area contributed by atoms with Gasteiger partial charge < -0.3 is 11.1 Å². The third-order valence-electron chi connectivity index (χ3n) is 1.90. The fourth-order valence-electron chi connectivity index (χ4n) is 1.03. The second-order valence-electron chi connectivity index (χ2n) is 3.23. The monoisotopic (exact) mass is 310 g/mol. The van der Waals surface area contributed by atoms with Crippen LogP contribution in [0.25, 0.3) is 0 Å². The Balaban J connectivity index is 0.00000225. The first-order chi connectivity index (χ1) is 7.04. The van der Waals surface area contributed by atoms with Crippen LogP contribution < -0.4 is 11.1 Å². The standard InChI is InChI=1S/C10H12BrFN2O.ClH/c1-6(5-13)14-10(15)8-4-7(11)2-3-9(8)12;/h2-4,6H,5,13H2,1H3,(H,14,15);1H/t6-;/m0./s1. The predicted molar refractivity (Wildman–Crippen MR) is 67.3 cm³/mol. The van der Waals surface area contributed by atoms with Crippen LogP contribution in [-0.2, 0) is 0 Å². The van der Waals surface area contributed by atoms with Gasteiger partial charge in [0.15, 0.2) is 0 Å². The molecule has 90 valence electrons. The van der Waals surface area contributed by atoms with Gasteiger partial charge in [0.25, 0.3) is 5.91 Å². The molecule has 0 saturated heterocycles. The van der Waals surface area contributed by atoms with Crippen molar-refractivity contribution in [2.75, 3.05) is 6.54 Å². The van der Waals surface area contributed by atoms with Crippen molar-refractivity contribution in [2.45, 2.75) is 13.0 Å². The number of carbonyl (C=O) groups excluding carboxylic acids is 1. The van der Waals surface area contributed by atoms with Crippen LogP contribution in [-0.4, -0.2) is 18.5 Å². The first-order valence-corrected chi connectivity index (χ1v) is 5.30. The maximum atomic E-state index is 13.3. The molecule has 6 heteroatoms. The summed E-state index contributed by atoms with van der Waals surface area (Å²) in [6.07, 6.45) is 0. The zero-order valence-electron chi connectivity index (χ0n) is 8.67. The molecule has 1 aromatic rings. The van der Waals surface area contributed by atoms with Crippen LogP contribution in [0.3, 0.4) is 0 Å². The molecule has 1 amide bonds. The van der Waals surface area contributed by atoms with Crippen LogP contribution in [0.2, 0.25) is 0 Å². The molecule has 3 nitrogen and oxygen atoms in total. The minimum Gasteiger partial charge on any atom is -0.348 e. The Labute approximate surface area is 108 Å². The van der Waals surface area contributed by atoms with Gasteiger partial charge in [-0.25, -0.2) is 4.39 Å². The number of carbonyl (C=O) groups is 1. The van der Waals surface area contributed by atoms with Gasteiger partial charge in [0.05, 0.1) is 5.56 Å². The molecule has 0 aliphatic carbocycles. The lowest BCUT2D eigenvalue weighted by Crippen LogP contribution is -2.38. The van der Waals surface area contributed by atoms with Gasteiger partial charge in [-0.15, -0.1) is 12.4 Å². The molecule has 0 unspecified atom stereocenters. The summed E-state index contributed by atoms with van der Waals surface area (Å²) in [6.45, 7) is 2.08. The minimum atomic E-state index is -0.542. The van der Waals surface area contributed by atoms with E-state index in [1.165, 1.54) is 12.1 Å². The van der Waals surface area contributed by atoms with Gasteiger partial charge in [0, 0.05) is 17.1 Å². The molecule has 1 atom stereocenters. The number of nitrogens with two attached hydrogens (primary N) is 1. The van der Waals surface area contributed by atoms with Crippen LogP contribution in [0.4, 0.5) is 4.39 Å². The molecule has 1 rings (SSSR count). The number of benzene rings is 1. The van der Waals surface area contributed by atoms with Crippen LogP contribution >= 0.6 is 28.3 Å². The second kappa shape index (κ2) is 6.83. The van der Waals surface area contributed by atoms with E-state index in [-0.39, 0.29) is 24.0 Å². The van der Waals surface area contributed by atoms with Crippen LogP contribution in [0, 0.1) is 5.82 Å². The molecular formula is C10H13BrClFN2O. The Hall–Kier alpha value is -0.650. The van der Waals surface area contributed by atoms with E-state index < -0.39 is 11.7 Å². The number of amides is 1. The Bertz CT molecular complexity index is 376. The molecule has 0 spiro atoms. The van der Waals surface area contributed by atoms with Crippen molar-refractivity contribution in [3.8, 4) is 0 Å². The van der Waals surface area contributed by atoms with Crippen molar-refractivity contribution >= 4 is 34.2 Å². The van der Waals surface area contributed by atoms with E-state index in [0.29, 0.717) is 11.0 Å². The number of hydrogen-bond donors (Lipinski definition) is 2. The molecule has 0 aliphatic heterocycles. The van der Waals surface area contributed by atoms with Gasteiger partial charge in [0.2, 0.25) is 0 Å². The third kappa shape index (κ3) is 4.08. The lowest BCUT2D eigenvalue weighted by molar-refractivity contribution is 0.0937. The highest BCUT2D eigenvalue weighted by Gasteiger charge is 2.13. The molecule has 1 aromatic carbocycles. The van der Waals surface area contributed by atoms with Crippen LogP contribution in [0.5, 0.6) is 0 Å². The quantitative estimate of drug-likeness (QED) is 0.898. The molecule has 3 N–H and O–H groups in total. The molecule has 0 bridgehead atoms. The molecule has 0 aliphatic rings. The average molecular weight is 312 g/mol. The van der Waals surface area contributed by atoms with Gasteiger partial charge in [-0.1, -0.05) is 15.9 Å². The summed E-state index contributed by atoms with van der Waals surface area (Å²) in [4.78, 5) is 11.6. The van der Waals surface area contributed by atoms with E-state index in [4.69, 9.17) is 5.73 Å². The van der Waals surface area contributed by atoms with Crippen molar-refractivity contribution in [2.24, 2.45) is 5.73 Å². The van der Waals surface area contributed by atoms with Gasteiger partial charge in [-0.3, -0.25) is 4.79 Å². The molecule has 0 heterocycles. The zero-order valence-corrected chi connectivity index (χ0v) is 11.1. The summed E-state index contributed by atoms with van der Waals surface area (Å²) in [5.41, 5.74) is 5.37. The minimum absolute atomic E-state index is 0. The number of halogens is 3. The number of hydrogen-bond acceptors (Lipinski definition) is 2. The molecular weight excluding hydrogens is 298 g/mol. The Morgan fingerprint density at radius 3 is 2.81 bits per heavy atom. The van der Waals surface area contributed by atoms with Crippen molar-refractivity contribution in [3.05, 3.63) is 34.1 Å². The first kappa shape index (κ1) is 15.3. The van der Waals surface area contributed by atoms with Gasteiger partial charge in [-0.2, -0.15) is 0 Å². The summed E-state index contributed by atoms with van der Waals surface area (Å²) < 4.78 is 13.9. The topological polar surface area (TPSA) is 55.1 Å². The molecule has 0 radical (unpaired) electrons.